The zero-order chi connectivity index (χ0) is 66.1. The van der Waals surface area contributed by atoms with Gasteiger partial charge in [0.25, 0.3) is 0 Å². The minimum Gasteiger partial charge on any atom is -0.383 e. The first-order chi connectivity index (χ1) is 46.8. The van der Waals surface area contributed by atoms with E-state index in [4.69, 9.17) is 22.9 Å². The van der Waals surface area contributed by atoms with E-state index in [0.717, 1.165) is 92.3 Å². The highest BCUT2D eigenvalue weighted by molar-refractivity contribution is 7.13. The van der Waals surface area contributed by atoms with Gasteiger partial charge in [-0.15, -0.1) is 95.0 Å². The van der Waals surface area contributed by atoms with Gasteiger partial charge < -0.3 is 62.5 Å². The monoisotopic (exact) mass is 1490 g/mol. The van der Waals surface area contributed by atoms with Crippen molar-refractivity contribution in [3.05, 3.63) is 222 Å². The molecule has 4 aliphatic rings. The molecule has 0 amide bonds. The molecule has 0 bridgehead atoms. The lowest BCUT2D eigenvalue weighted by Crippen LogP contribution is -2.29. The minimum atomic E-state index is 0. The van der Waals surface area contributed by atoms with Crippen LogP contribution in [0, 0.1) is 0 Å². The third-order valence-electron chi connectivity index (χ3n) is 18.7. The topological polar surface area (TPSA) is 230 Å². The fraction of sp³-hybridized carbons (Fsp3) is 0.263. The number of aromatic amines is 4. The molecule has 0 saturated carbocycles. The van der Waals surface area contributed by atoms with Gasteiger partial charge in [-0.3, -0.25) is 0 Å². The lowest BCUT2D eigenvalue weighted by atomic mass is 9.89. The Kier molecular flexibility index (Phi) is 27.3. The Labute approximate surface area is 625 Å². The van der Waals surface area contributed by atoms with E-state index in [1.807, 2.05) is 94.3 Å². The second-order valence-electron chi connectivity index (χ2n) is 25.3. The molecule has 0 atom stereocenters. The molecule has 0 unspecified atom stereocenters. The first kappa shape index (κ1) is 76.4. The first-order valence-corrected chi connectivity index (χ1v) is 36.4. The van der Waals surface area contributed by atoms with Crippen molar-refractivity contribution in [3.8, 4) is 0 Å². The number of amidine groups is 4. The zero-order valence-corrected chi connectivity index (χ0v) is 63.1. The summed E-state index contributed by atoms with van der Waals surface area (Å²) in [5.74, 6) is 3.56. The highest BCUT2D eigenvalue weighted by Crippen LogP contribution is 2.38. The molecule has 16 rings (SSSR count). The van der Waals surface area contributed by atoms with Crippen molar-refractivity contribution in [2.75, 3.05) is 80.5 Å². The van der Waals surface area contributed by atoms with Crippen molar-refractivity contribution < 1.29 is 0 Å². The number of thiophene rings is 4. The van der Waals surface area contributed by atoms with E-state index in [2.05, 4.69) is 173 Å². The number of piperidine rings is 2. The van der Waals surface area contributed by atoms with E-state index in [9.17, 15) is 0 Å². The average molecular weight is 1500 g/mol. The van der Waals surface area contributed by atoms with Gasteiger partial charge in [-0.2, -0.15) is 0 Å². The Morgan fingerprint density at radius 2 is 0.660 bits per heavy atom. The van der Waals surface area contributed by atoms with Crippen LogP contribution in [-0.4, -0.2) is 143 Å². The van der Waals surface area contributed by atoms with Crippen LogP contribution in [0.15, 0.2) is 200 Å². The van der Waals surface area contributed by atoms with Crippen molar-refractivity contribution in [3.63, 3.8) is 0 Å². The molecule has 8 aromatic heterocycles. The SMILES string of the molecule is CN1CC=C(c2c[nH]c3ccc(N=C(N)c4cccs4)cc23)CC1.CN1CC=C(c2c[nH]c3ccc(N=C(N)c4cccs4)cc23)CC1.CN1CCC(c2c[nH]c3ccc(N=C(N)c4cccs4)cc23)CC1.CN1CCC(c2c[nH]c3ccc(N=C(N)c4cccs4)cc23)CC1.Cl.Cl.Cl.Cl. The molecule has 4 aromatic carbocycles. The van der Waals surface area contributed by atoms with E-state index in [1.165, 1.54) is 118 Å². The molecule has 24 heteroatoms. The van der Waals surface area contributed by atoms with Crippen molar-refractivity contribution in [1.82, 2.24) is 39.5 Å². The van der Waals surface area contributed by atoms with Gasteiger partial charge in [0.05, 0.1) is 42.3 Å². The molecule has 524 valence electrons. The number of aromatic nitrogens is 4. The fourth-order valence-corrected chi connectivity index (χ4v) is 15.6. The third kappa shape index (κ3) is 18.6. The molecule has 2 fully saturated rings. The Morgan fingerprint density at radius 1 is 0.370 bits per heavy atom. The van der Waals surface area contributed by atoms with Gasteiger partial charge in [-0.05, 0) is 246 Å². The van der Waals surface area contributed by atoms with Crippen LogP contribution in [0.2, 0.25) is 0 Å². The molecule has 12 N–H and O–H groups in total. The van der Waals surface area contributed by atoms with Crippen molar-refractivity contribution in [2.24, 2.45) is 42.9 Å². The van der Waals surface area contributed by atoms with Crippen molar-refractivity contribution in [2.45, 2.75) is 50.4 Å². The minimum absolute atomic E-state index is 0. The Balaban J connectivity index is 0.000000153. The lowest BCUT2D eigenvalue weighted by Gasteiger charge is -2.28. The maximum Gasteiger partial charge on any atom is 0.141 e. The maximum atomic E-state index is 6.13. The Morgan fingerprint density at radius 3 is 0.940 bits per heavy atom. The molecule has 0 spiro atoms. The number of rotatable bonds is 12. The summed E-state index contributed by atoms with van der Waals surface area (Å²) >= 11 is 6.44. The van der Waals surface area contributed by atoms with Gasteiger partial charge in [-0.1, -0.05) is 36.4 Å². The van der Waals surface area contributed by atoms with Gasteiger partial charge in [0.15, 0.2) is 0 Å². The summed E-state index contributed by atoms with van der Waals surface area (Å²) < 4.78 is 0. The van der Waals surface area contributed by atoms with Crippen LogP contribution in [0.3, 0.4) is 0 Å². The molecule has 4 aliphatic heterocycles. The lowest BCUT2D eigenvalue weighted by molar-refractivity contribution is 0.256. The highest BCUT2D eigenvalue weighted by Gasteiger charge is 2.24. The molecule has 16 nitrogen and oxygen atoms in total. The number of fused-ring (bicyclic) bond motifs is 4. The molecule has 12 aromatic rings. The average Bonchev–Trinajstić information content (AvgIpc) is 1.65. The Bertz CT molecular complexity index is 4470. The normalized spacial score (nSPS) is 16.4. The number of likely N-dealkylation sites (N-methyl/N-ethyl adjacent to an activating group) is 2. The predicted octanol–water partition coefficient (Wildman–Crippen LogP) is 17.8. The molecule has 0 radical (unpaired) electrons. The second-order valence-corrected chi connectivity index (χ2v) is 29.1. The summed E-state index contributed by atoms with van der Waals surface area (Å²) in [4.78, 5) is 45.5. The number of halogens is 4. The smallest absolute Gasteiger partial charge is 0.141 e. The molecule has 0 aliphatic carbocycles. The molecular weight excluding hydrogens is 1410 g/mol. The van der Waals surface area contributed by atoms with Gasteiger partial charge in [0, 0.05) is 106 Å². The van der Waals surface area contributed by atoms with Crippen molar-refractivity contribution in [1.29, 1.82) is 0 Å². The summed E-state index contributed by atoms with van der Waals surface area (Å²) in [7, 11) is 8.71. The summed E-state index contributed by atoms with van der Waals surface area (Å²) in [6.07, 6.45) is 20.2. The van der Waals surface area contributed by atoms with E-state index in [0.29, 0.717) is 35.2 Å². The summed E-state index contributed by atoms with van der Waals surface area (Å²) in [5.41, 5.74) is 41.0. The van der Waals surface area contributed by atoms with Gasteiger partial charge >= 0.3 is 0 Å². The number of nitrogens with one attached hydrogen (secondary N) is 4. The van der Waals surface area contributed by atoms with Crippen LogP contribution < -0.4 is 22.9 Å². The number of likely N-dealkylation sites (tertiary alicyclic amines) is 2. The summed E-state index contributed by atoms with van der Waals surface area (Å²) in [5, 5.41) is 13.1. The largest absolute Gasteiger partial charge is 0.383 e. The standard InChI is InChI=1S/2C19H22N4S.2C19H20N4S.4ClH/c4*1-23-8-6-13(7-9-23)16-12-21-17-5-4-14(11-15(16)17)22-19(20)18-3-2-10-24-18;;;;/h2*2-5,10-13,21H,6-9H2,1H3,(H2,20,22);2*2-6,10-12,21H,7-9H2,1H3,(H2,20,22);4*1H. The van der Waals surface area contributed by atoms with Crippen LogP contribution in [0.4, 0.5) is 22.7 Å². The van der Waals surface area contributed by atoms with Gasteiger partial charge in [0.1, 0.15) is 23.3 Å². The van der Waals surface area contributed by atoms with Crippen LogP contribution in [0.1, 0.15) is 92.1 Å². The third-order valence-corrected chi connectivity index (χ3v) is 22.2. The van der Waals surface area contributed by atoms with E-state index < -0.39 is 0 Å². The summed E-state index contributed by atoms with van der Waals surface area (Å²) in [6, 6.07) is 41.0. The number of nitrogens with two attached hydrogens (primary N) is 4. The first-order valence-electron chi connectivity index (χ1n) is 32.9. The number of H-pyrrole nitrogens is 4. The number of hydrogen-bond donors (Lipinski definition) is 8. The predicted molar refractivity (Wildman–Crippen MR) is 440 cm³/mol. The number of nitrogens with zero attached hydrogens (tertiary/aromatic N) is 8. The molecule has 2 saturated heterocycles. The number of aliphatic imine (C=N–C) groups is 4. The van der Waals surface area contributed by atoms with Crippen LogP contribution in [0.25, 0.3) is 54.8 Å². The fourth-order valence-electron chi connectivity index (χ4n) is 13.1. The van der Waals surface area contributed by atoms with Crippen LogP contribution >= 0.6 is 95.0 Å². The highest BCUT2D eigenvalue weighted by atomic mass is 35.5. The quantitative estimate of drug-likeness (QED) is 0.0432. The van der Waals surface area contributed by atoms with E-state index in [1.54, 1.807) is 45.3 Å². The van der Waals surface area contributed by atoms with Gasteiger partial charge in [0.2, 0.25) is 0 Å². The molecule has 12 heterocycles. The van der Waals surface area contributed by atoms with Gasteiger partial charge in [-0.25, -0.2) is 20.0 Å². The number of hydrogen-bond acceptors (Lipinski definition) is 12. The second kappa shape index (κ2) is 35.7. The van der Waals surface area contributed by atoms with Crippen LogP contribution in [0.5, 0.6) is 0 Å². The van der Waals surface area contributed by atoms with E-state index in [-0.39, 0.29) is 49.6 Å². The van der Waals surface area contributed by atoms with E-state index >= 15 is 0 Å². The maximum absolute atomic E-state index is 6.13. The number of benzene rings is 4. The zero-order valence-electron chi connectivity index (χ0n) is 56.5. The van der Waals surface area contributed by atoms with Crippen molar-refractivity contribution >= 4 is 196 Å². The Hall–Kier alpha value is -7.80. The summed E-state index contributed by atoms with van der Waals surface area (Å²) in [6.45, 7) is 8.88. The van der Waals surface area contributed by atoms with Crippen LogP contribution in [-0.2, 0) is 0 Å². The molecule has 100 heavy (non-hydrogen) atoms. The molecular formula is C76H88Cl4N16S4.